The summed E-state index contributed by atoms with van der Waals surface area (Å²) in [6, 6.07) is 5.84. The summed E-state index contributed by atoms with van der Waals surface area (Å²) in [5, 5.41) is 9.11. The van der Waals surface area contributed by atoms with E-state index in [9.17, 15) is 0 Å². The fourth-order valence-electron chi connectivity index (χ4n) is 2.17. The van der Waals surface area contributed by atoms with Gasteiger partial charge < -0.3 is 9.31 Å². The van der Waals surface area contributed by atoms with Gasteiger partial charge in [0.2, 0.25) is 0 Å². The number of rotatable bonds is 3. The quantitative estimate of drug-likeness (QED) is 0.791. The standard InChI is InChI=1S/C15H21BN2O2/c1-6-7-12-8-11(9-13(10-17)18-12)16-19-14(2,3)15(4,5)20-16/h8-9H,6-7H2,1-5H3. The third-order valence-electron chi connectivity index (χ3n) is 4.05. The third-order valence-corrected chi connectivity index (χ3v) is 4.05. The highest BCUT2D eigenvalue weighted by molar-refractivity contribution is 6.62. The highest BCUT2D eigenvalue weighted by Gasteiger charge is 2.51. The molecule has 0 saturated carbocycles. The van der Waals surface area contributed by atoms with E-state index in [1.165, 1.54) is 0 Å². The third kappa shape index (κ3) is 2.72. The van der Waals surface area contributed by atoms with Crippen molar-refractivity contribution in [3.63, 3.8) is 0 Å². The van der Waals surface area contributed by atoms with Gasteiger partial charge in [-0.3, -0.25) is 0 Å². The first-order chi connectivity index (χ1) is 9.29. The van der Waals surface area contributed by atoms with Crippen molar-refractivity contribution in [2.45, 2.75) is 58.7 Å². The van der Waals surface area contributed by atoms with Gasteiger partial charge in [-0.15, -0.1) is 0 Å². The van der Waals surface area contributed by atoms with Gasteiger partial charge in [0.05, 0.1) is 11.2 Å². The van der Waals surface area contributed by atoms with E-state index in [-0.39, 0.29) is 11.2 Å². The van der Waals surface area contributed by atoms with Crippen molar-refractivity contribution in [3.05, 3.63) is 23.5 Å². The van der Waals surface area contributed by atoms with Crippen LogP contribution < -0.4 is 5.46 Å². The van der Waals surface area contributed by atoms with Crippen LogP contribution in [-0.2, 0) is 15.7 Å². The van der Waals surface area contributed by atoms with Crippen molar-refractivity contribution >= 4 is 12.6 Å². The second kappa shape index (κ2) is 5.19. The van der Waals surface area contributed by atoms with Gasteiger partial charge in [0.1, 0.15) is 11.8 Å². The van der Waals surface area contributed by atoms with Crippen LogP contribution in [0.1, 0.15) is 52.4 Å². The maximum absolute atomic E-state index is 9.11. The van der Waals surface area contributed by atoms with E-state index in [1.807, 2.05) is 33.8 Å². The predicted molar refractivity (Wildman–Crippen MR) is 78.7 cm³/mol. The number of nitriles is 1. The molecule has 1 aromatic heterocycles. The van der Waals surface area contributed by atoms with Crippen LogP contribution in [0.15, 0.2) is 12.1 Å². The van der Waals surface area contributed by atoms with Gasteiger partial charge in [0.25, 0.3) is 0 Å². The Labute approximate surface area is 121 Å². The summed E-state index contributed by atoms with van der Waals surface area (Å²) in [6.07, 6.45) is 1.84. The molecule has 0 N–H and O–H groups in total. The molecule has 5 heteroatoms. The van der Waals surface area contributed by atoms with Gasteiger partial charge in [-0.25, -0.2) is 4.98 Å². The van der Waals surface area contributed by atoms with Crippen LogP contribution in [0.3, 0.4) is 0 Å². The molecule has 2 heterocycles. The molecule has 1 aliphatic heterocycles. The number of nitrogens with zero attached hydrogens (tertiary/aromatic N) is 2. The van der Waals surface area contributed by atoms with Crippen LogP contribution in [0.5, 0.6) is 0 Å². The van der Waals surface area contributed by atoms with Crippen molar-refractivity contribution < 1.29 is 9.31 Å². The van der Waals surface area contributed by atoms with Crippen LogP contribution >= 0.6 is 0 Å². The van der Waals surface area contributed by atoms with Gasteiger partial charge in [0, 0.05) is 5.69 Å². The molecule has 1 aliphatic rings. The summed E-state index contributed by atoms with van der Waals surface area (Å²) in [5.41, 5.74) is 1.45. The lowest BCUT2D eigenvalue weighted by Gasteiger charge is -2.32. The largest absolute Gasteiger partial charge is 0.495 e. The molecule has 4 nitrogen and oxygen atoms in total. The van der Waals surface area contributed by atoms with Crippen molar-refractivity contribution in [2.75, 3.05) is 0 Å². The smallest absolute Gasteiger partial charge is 0.399 e. The Hall–Kier alpha value is -1.38. The first-order valence-corrected chi connectivity index (χ1v) is 7.05. The molecule has 0 aliphatic carbocycles. The molecule has 0 unspecified atom stereocenters. The molecular weight excluding hydrogens is 251 g/mol. The zero-order valence-electron chi connectivity index (χ0n) is 12.9. The molecule has 1 fully saturated rings. The molecular formula is C15H21BN2O2. The molecule has 106 valence electrons. The molecule has 20 heavy (non-hydrogen) atoms. The van der Waals surface area contributed by atoms with Crippen molar-refractivity contribution in [1.82, 2.24) is 4.98 Å². The maximum atomic E-state index is 9.11. The SMILES string of the molecule is CCCc1cc(B2OC(C)(C)C(C)(C)O2)cc(C#N)n1. The average Bonchev–Trinajstić information content (AvgIpc) is 2.58. The summed E-state index contributed by atoms with van der Waals surface area (Å²) in [7, 11) is -0.439. The normalized spacial score (nSPS) is 19.9. The minimum atomic E-state index is -0.439. The van der Waals surface area contributed by atoms with Crippen LogP contribution in [0.2, 0.25) is 0 Å². The van der Waals surface area contributed by atoms with Crippen molar-refractivity contribution in [1.29, 1.82) is 5.26 Å². The molecule has 0 spiro atoms. The zero-order chi connectivity index (χ0) is 15.0. The number of aryl methyl sites for hydroxylation is 1. The van der Waals surface area contributed by atoms with Gasteiger partial charge in [-0.1, -0.05) is 13.3 Å². The molecule has 1 saturated heterocycles. The van der Waals surface area contributed by atoms with E-state index >= 15 is 0 Å². The van der Waals surface area contributed by atoms with E-state index in [2.05, 4.69) is 18.0 Å². The number of hydrogen-bond donors (Lipinski definition) is 0. The lowest BCUT2D eigenvalue weighted by Crippen LogP contribution is -2.41. The van der Waals surface area contributed by atoms with E-state index in [0.29, 0.717) is 5.69 Å². The van der Waals surface area contributed by atoms with Crippen LogP contribution in [0.25, 0.3) is 0 Å². The second-order valence-electron chi connectivity index (χ2n) is 6.23. The first kappa shape index (κ1) is 15.0. The van der Waals surface area contributed by atoms with E-state index in [1.54, 1.807) is 6.07 Å². The molecule has 1 aromatic rings. The predicted octanol–water partition coefficient (Wildman–Crippen LogP) is 2.20. The summed E-state index contributed by atoms with van der Waals surface area (Å²) < 4.78 is 12.0. The van der Waals surface area contributed by atoms with E-state index < -0.39 is 7.12 Å². The minimum Gasteiger partial charge on any atom is -0.399 e. The average molecular weight is 272 g/mol. The highest BCUT2D eigenvalue weighted by atomic mass is 16.7. The monoisotopic (exact) mass is 272 g/mol. The Morgan fingerprint density at radius 3 is 2.30 bits per heavy atom. The Balaban J connectivity index is 2.35. The molecule has 0 atom stereocenters. The fourth-order valence-corrected chi connectivity index (χ4v) is 2.17. The van der Waals surface area contributed by atoms with Crippen LogP contribution in [-0.4, -0.2) is 23.3 Å². The van der Waals surface area contributed by atoms with E-state index in [4.69, 9.17) is 14.6 Å². The van der Waals surface area contributed by atoms with Gasteiger partial charge in [-0.2, -0.15) is 5.26 Å². The topological polar surface area (TPSA) is 55.1 Å². The van der Waals surface area contributed by atoms with Gasteiger partial charge >= 0.3 is 7.12 Å². The highest BCUT2D eigenvalue weighted by Crippen LogP contribution is 2.36. The lowest BCUT2D eigenvalue weighted by atomic mass is 9.78. The Kier molecular flexibility index (Phi) is 3.90. The number of hydrogen-bond acceptors (Lipinski definition) is 4. The van der Waals surface area contributed by atoms with Gasteiger partial charge in [-0.05, 0) is 51.7 Å². The van der Waals surface area contributed by atoms with Crippen LogP contribution in [0.4, 0.5) is 0 Å². The number of pyridine rings is 1. The molecule has 2 rings (SSSR count). The summed E-state index contributed by atoms with van der Waals surface area (Å²) in [4.78, 5) is 4.31. The molecule has 0 radical (unpaired) electrons. The number of aromatic nitrogens is 1. The Bertz CT molecular complexity index is 533. The Morgan fingerprint density at radius 1 is 1.20 bits per heavy atom. The zero-order valence-corrected chi connectivity index (χ0v) is 12.9. The fraction of sp³-hybridized carbons (Fsp3) is 0.600. The minimum absolute atomic E-state index is 0.376. The summed E-state index contributed by atoms with van der Waals surface area (Å²) in [6.45, 7) is 10.2. The molecule has 0 aromatic carbocycles. The first-order valence-electron chi connectivity index (χ1n) is 7.05. The summed E-state index contributed by atoms with van der Waals surface area (Å²) >= 11 is 0. The molecule has 0 bridgehead atoms. The lowest BCUT2D eigenvalue weighted by molar-refractivity contribution is 0.00578. The maximum Gasteiger partial charge on any atom is 0.495 e. The van der Waals surface area contributed by atoms with Crippen molar-refractivity contribution in [2.24, 2.45) is 0 Å². The Morgan fingerprint density at radius 2 is 1.80 bits per heavy atom. The van der Waals surface area contributed by atoms with E-state index in [0.717, 1.165) is 24.0 Å². The van der Waals surface area contributed by atoms with Gasteiger partial charge in [0.15, 0.2) is 0 Å². The van der Waals surface area contributed by atoms with Crippen LogP contribution in [0, 0.1) is 11.3 Å². The molecule has 0 amide bonds. The summed E-state index contributed by atoms with van der Waals surface area (Å²) in [5.74, 6) is 0. The van der Waals surface area contributed by atoms with Crippen molar-refractivity contribution in [3.8, 4) is 6.07 Å². The second-order valence-corrected chi connectivity index (χ2v) is 6.23.